The summed E-state index contributed by atoms with van der Waals surface area (Å²) in [4.78, 5) is 11.0. The van der Waals surface area contributed by atoms with Crippen LogP contribution in [0, 0.1) is 11.3 Å². The average molecular weight is 323 g/mol. The van der Waals surface area contributed by atoms with E-state index >= 15 is 0 Å². The van der Waals surface area contributed by atoms with Gasteiger partial charge in [0.05, 0.1) is 17.7 Å². The van der Waals surface area contributed by atoms with Crippen LogP contribution in [-0.2, 0) is 4.79 Å². The van der Waals surface area contributed by atoms with Crippen LogP contribution in [-0.4, -0.2) is 19.1 Å². The molecule has 0 saturated heterocycles. The van der Waals surface area contributed by atoms with Crippen LogP contribution in [0.4, 0.5) is 0 Å². The van der Waals surface area contributed by atoms with Crippen LogP contribution in [0.1, 0.15) is 12.0 Å². The Morgan fingerprint density at radius 2 is 2.16 bits per heavy atom. The number of rotatable bonds is 2. The first-order valence-electron chi connectivity index (χ1n) is 5.62. The molecule has 0 atom stereocenters. The van der Waals surface area contributed by atoms with Gasteiger partial charge in [0.1, 0.15) is 11.6 Å². The van der Waals surface area contributed by atoms with E-state index in [2.05, 4.69) is 15.9 Å². The van der Waals surface area contributed by atoms with Gasteiger partial charge in [-0.2, -0.15) is 5.26 Å². The van der Waals surface area contributed by atoms with Gasteiger partial charge in [-0.1, -0.05) is 0 Å². The number of carbonyl (C=O) groups is 1. The lowest BCUT2D eigenvalue weighted by atomic mass is 10.1. The van der Waals surface area contributed by atoms with Gasteiger partial charge in [0, 0.05) is 6.42 Å². The molecule has 0 spiro atoms. The molecule has 0 fully saturated rings. The largest absolute Gasteiger partial charge is 0.489 e. The number of nitriles is 1. The lowest BCUT2D eigenvalue weighted by Gasteiger charge is -2.10. The van der Waals surface area contributed by atoms with Crippen LogP contribution in [0.5, 0.6) is 11.5 Å². The zero-order chi connectivity index (χ0) is 13.8. The van der Waals surface area contributed by atoms with Gasteiger partial charge in [-0.05, 0) is 39.7 Å². The number of carbonyl (C=O) groups excluding carboxylic acids is 1. The molecular weight excluding hydrogens is 312 g/mol. The van der Waals surface area contributed by atoms with Crippen molar-refractivity contribution in [2.75, 3.05) is 13.2 Å². The Hall–Kier alpha value is -2.00. The maximum Gasteiger partial charge on any atom is 0.259 e. The van der Waals surface area contributed by atoms with Crippen LogP contribution in [0.15, 0.2) is 22.2 Å². The van der Waals surface area contributed by atoms with Gasteiger partial charge in [0.25, 0.3) is 5.91 Å². The third-order valence-electron chi connectivity index (χ3n) is 2.52. The molecule has 0 aromatic heterocycles. The van der Waals surface area contributed by atoms with E-state index in [1.54, 1.807) is 18.2 Å². The standard InChI is InChI=1S/C13H11BrN2O3/c14-10-5-8(4-9(7-15)13(16)17)6-11-12(10)19-3-1-2-18-11/h4-6H,1-3H2,(H2,16,17)/b9-4-. The highest BCUT2D eigenvalue weighted by Crippen LogP contribution is 2.38. The van der Waals surface area contributed by atoms with E-state index in [0.29, 0.717) is 34.7 Å². The fraction of sp³-hybridized carbons (Fsp3) is 0.231. The molecule has 0 unspecified atom stereocenters. The van der Waals surface area contributed by atoms with E-state index in [-0.39, 0.29) is 5.57 Å². The molecule has 1 aromatic rings. The number of fused-ring (bicyclic) bond motifs is 1. The summed E-state index contributed by atoms with van der Waals surface area (Å²) < 4.78 is 11.8. The Labute approximate surface area is 118 Å². The number of halogens is 1. The van der Waals surface area contributed by atoms with E-state index < -0.39 is 5.91 Å². The van der Waals surface area contributed by atoms with E-state index in [0.717, 1.165) is 6.42 Å². The second-order valence-corrected chi connectivity index (χ2v) is 4.77. The third kappa shape index (κ3) is 3.06. The molecule has 5 nitrogen and oxygen atoms in total. The van der Waals surface area contributed by atoms with Crippen molar-refractivity contribution in [2.45, 2.75) is 6.42 Å². The van der Waals surface area contributed by atoms with Crippen molar-refractivity contribution in [3.05, 3.63) is 27.7 Å². The number of nitrogens with two attached hydrogens (primary N) is 1. The molecule has 6 heteroatoms. The average Bonchev–Trinajstić information content (AvgIpc) is 2.61. The summed E-state index contributed by atoms with van der Waals surface area (Å²) in [5.41, 5.74) is 5.63. The van der Waals surface area contributed by atoms with E-state index in [1.807, 2.05) is 0 Å². The Morgan fingerprint density at radius 1 is 1.42 bits per heavy atom. The topological polar surface area (TPSA) is 85.3 Å². The van der Waals surface area contributed by atoms with Gasteiger partial charge >= 0.3 is 0 Å². The summed E-state index contributed by atoms with van der Waals surface area (Å²) in [6.07, 6.45) is 2.22. The molecule has 19 heavy (non-hydrogen) atoms. The van der Waals surface area contributed by atoms with Crippen LogP contribution in [0.3, 0.4) is 0 Å². The predicted molar refractivity (Wildman–Crippen MR) is 72.5 cm³/mol. The van der Waals surface area contributed by atoms with Crippen molar-refractivity contribution < 1.29 is 14.3 Å². The quantitative estimate of drug-likeness (QED) is 0.666. The van der Waals surface area contributed by atoms with Crippen molar-refractivity contribution in [1.82, 2.24) is 0 Å². The van der Waals surface area contributed by atoms with Crippen LogP contribution < -0.4 is 15.2 Å². The summed E-state index contributed by atoms with van der Waals surface area (Å²) in [5.74, 6) is 0.456. The molecule has 0 saturated carbocycles. The van der Waals surface area contributed by atoms with Crippen molar-refractivity contribution in [1.29, 1.82) is 5.26 Å². The lowest BCUT2D eigenvalue weighted by Crippen LogP contribution is -2.12. The molecule has 2 rings (SSSR count). The summed E-state index contributed by atoms with van der Waals surface area (Å²) in [6.45, 7) is 1.15. The van der Waals surface area contributed by atoms with Crippen LogP contribution in [0.2, 0.25) is 0 Å². The van der Waals surface area contributed by atoms with Gasteiger partial charge in [0.15, 0.2) is 11.5 Å². The fourth-order valence-corrected chi connectivity index (χ4v) is 2.23. The smallest absolute Gasteiger partial charge is 0.259 e. The fourth-order valence-electron chi connectivity index (χ4n) is 1.66. The number of ether oxygens (including phenoxy) is 2. The van der Waals surface area contributed by atoms with Gasteiger partial charge in [-0.15, -0.1) is 0 Å². The highest BCUT2D eigenvalue weighted by molar-refractivity contribution is 9.10. The summed E-state index contributed by atoms with van der Waals surface area (Å²) in [7, 11) is 0. The molecule has 98 valence electrons. The highest BCUT2D eigenvalue weighted by Gasteiger charge is 2.15. The Morgan fingerprint density at radius 3 is 2.84 bits per heavy atom. The number of primary amides is 1. The maximum atomic E-state index is 11.0. The second-order valence-electron chi connectivity index (χ2n) is 3.91. The van der Waals surface area contributed by atoms with Crippen molar-refractivity contribution >= 4 is 27.9 Å². The second kappa shape index (κ2) is 5.76. The molecule has 0 bridgehead atoms. The van der Waals surface area contributed by atoms with Gasteiger partial charge in [0.2, 0.25) is 0 Å². The number of hydrogen-bond acceptors (Lipinski definition) is 4. The molecular formula is C13H11BrN2O3. The zero-order valence-electron chi connectivity index (χ0n) is 9.98. The van der Waals surface area contributed by atoms with Gasteiger partial charge in [-0.25, -0.2) is 0 Å². The minimum atomic E-state index is -0.759. The first-order valence-corrected chi connectivity index (χ1v) is 6.42. The minimum absolute atomic E-state index is 0.110. The number of nitrogens with zero attached hydrogens (tertiary/aromatic N) is 1. The van der Waals surface area contributed by atoms with Gasteiger partial charge in [-0.3, -0.25) is 4.79 Å². The van der Waals surface area contributed by atoms with Gasteiger partial charge < -0.3 is 15.2 Å². The van der Waals surface area contributed by atoms with Crippen LogP contribution in [0.25, 0.3) is 6.08 Å². The first kappa shape index (κ1) is 13.4. The first-order chi connectivity index (χ1) is 9.11. The molecule has 1 amide bonds. The molecule has 1 aliphatic rings. The SMILES string of the molecule is N#C/C(=C/c1cc(Br)c2c(c1)OCCCO2)C(N)=O. The molecule has 2 N–H and O–H groups in total. The Kier molecular flexibility index (Phi) is 4.07. The number of benzene rings is 1. The number of hydrogen-bond donors (Lipinski definition) is 1. The van der Waals surface area contributed by atoms with Crippen molar-refractivity contribution in [3.8, 4) is 17.6 Å². The molecule has 0 radical (unpaired) electrons. The summed E-state index contributed by atoms with van der Waals surface area (Å²) in [6, 6.07) is 5.22. The monoisotopic (exact) mass is 322 g/mol. The predicted octanol–water partition coefficient (Wildman–Crippen LogP) is 2.00. The summed E-state index contributed by atoms with van der Waals surface area (Å²) >= 11 is 3.38. The lowest BCUT2D eigenvalue weighted by molar-refractivity contribution is -0.114. The van der Waals surface area contributed by atoms with Crippen molar-refractivity contribution in [3.63, 3.8) is 0 Å². The third-order valence-corrected chi connectivity index (χ3v) is 3.11. The maximum absolute atomic E-state index is 11.0. The normalized spacial score (nSPS) is 14.4. The molecule has 0 aliphatic carbocycles. The highest BCUT2D eigenvalue weighted by atomic mass is 79.9. The summed E-state index contributed by atoms with van der Waals surface area (Å²) in [5, 5.41) is 8.82. The Bertz CT molecular complexity index is 590. The van der Waals surface area contributed by atoms with E-state index in [9.17, 15) is 4.79 Å². The van der Waals surface area contributed by atoms with E-state index in [4.69, 9.17) is 20.5 Å². The molecule has 1 aromatic carbocycles. The van der Waals surface area contributed by atoms with Crippen LogP contribution >= 0.6 is 15.9 Å². The molecule has 1 aliphatic heterocycles. The van der Waals surface area contributed by atoms with Crippen molar-refractivity contribution in [2.24, 2.45) is 5.73 Å². The number of amides is 1. The molecule has 1 heterocycles. The zero-order valence-corrected chi connectivity index (χ0v) is 11.6. The Balaban J connectivity index is 2.45. The minimum Gasteiger partial charge on any atom is -0.489 e. The van der Waals surface area contributed by atoms with E-state index in [1.165, 1.54) is 6.08 Å².